The first-order valence-electron chi connectivity index (χ1n) is 10.0. The fraction of sp³-hybridized carbons (Fsp3) is 0.318. The van der Waals surface area contributed by atoms with Crippen LogP contribution in [0.3, 0.4) is 0 Å². The van der Waals surface area contributed by atoms with Gasteiger partial charge in [-0.2, -0.15) is 5.26 Å². The zero-order valence-corrected chi connectivity index (χ0v) is 17.2. The van der Waals surface area contributed by atoms with Gasteiger partial charge in [0.1, 0.15) is 11.9 Å². The Morgan fingerprint density at radius 3 is 2.48 bits per heavy atom. The van der Waals surface area contributed by atoms with Crippen LogP contribution in [0.25, 0.3) is 0 Å². The number of benzene rings is 1. The summed E-state index contributed by atoms with van der Waals surface area (Å²) in [5.41, 5.74) is 1.50. The lowest BCUT2D eigenvalue weighted by molar-refractivity contribution is -0.136. The monoisotopic (exact) mass is 420 g/mol. The van der Waals surface area contributed by atoms with Crippen LogP contribution in [-0.2, 0) is 14.4 Å². The van der Waals surface area contributed by atoms with Gasteiger partial charge in [0, 0.05) is 44.1 Å². The number of amides is 3. The maximum Gasteiger partial charge on any atom is 0.313 e. The number of nitrogens with zero attached hydrogens (tertiary/aromatic N) is 3. The van der Waals surface area contributed by atoms with Crippen LogP contribution < -0.4 is 20.9 Å². The van der Waals surface area contributed by atoms with E-state index in [2.05, 4.69) is 31.9 Å². The summed E-state index contributed by atoms with van der Waals surface area (Å²) in [4.78, 5) is 41.9. The summed E-state index contributed by atoms with van der Waals surface area (Å²) in [6, 6.07) is 12.2. The lowest BCUT2D eigenvalue weighted by atomic mass is 9.96. The highest BCUT2D eigenvalue weighted by Gasteiger charge is 2.23. The van der Waals surface area contributed by atoms with Gasteiger partial charge in [0.25, 0.3) is 0 Å². The largest absolute Gasteiger partial charge is 0.356 e. The van der Waals surface area contributed by atoms with Crippen molar-refractivity contribution in [1.29, 1.82) is 5.26 Å². The lowest BCUT2D eigenvalue weighted by Gasteiger charge is -2.33. The third-order valence-corrected chi connectivity index (χ3v) is 5.02. The van der Waals surface area contributed by atoms with Crippen LogP contribution >= 0.6 is 0 Å². The number of aromatic nitrogens is 1. The van der Waals surface area contributed by atoms with Gasteiger partial charge in [-0.1, -0.05) is 6.07 Å². The zero-order chi connectivity index (χ0) is 22.2. The number of hydrogen-bond donors (Lipinski definition) is 3. The Bertz CT molecular complexity index is 1010. The van der Waals surface area contributed by atoms with Crippen molar-refractivity contribution in [1.82, 2.24) is 10.3 Å². The molecule has 2 aromatic rings. The Balaban J connectivity index is 1.45. The van der Waals surface area contributed by atoms with Crippen molar-refractivity contribution in [3.8, 4) is 6.07 Å². The molecule has 0 spiro atoms. The molecule has 9 heteroatoms. The second kappa shape index (κ2) is 10.2. The van der Waals surface area contributed by atoms with E-state index in [1.807, 2.05) is 0 Å². The molecule has 0 unspecified atom stereocenters. The van der Waals surface area contributed by atoms with Gasteiger partial charge in [0.2, 0.25) is 5.91 Å². The van der Waals surface area contributed by atoms with Gasteiger partial charge in [-0.25, -0.2) is 4.98 Å². The van der Waals surface area contributed by atoms with E-state index < -0.39 is 11.8 Å². The Morgan fingerprint density at radius 2 is 1.81 bits per heavy atom. The lowest BCUT2D eigenvalue weighted by Crippen LogP contribution is -2.42. The molecule has 1 aromatic carbocycles. The molecule has 3 amide bonds. The normalized spacial score (nSPS) is 13.7. The van der Waals surface area contributed by atoms with Crippen molar-refractivity contribution < 1.29 is 14.4 Å². The second-order valence-corrected chi connectivity index (χ2v) is 7.34. The first kappa shape index (κ1) is 21.8. The third-order valence-electron chi connectivity index (χ3n) is 5.02. The molecular formula is C22H24N6O3. The average Bonchev–Trinajstić information content (AvgIpc) is 2.77. The molecule has 2 heterocycles. The average molecular weight is 420 g/mol. The molecule has 1 fully saturated rings. The summed E-state index contributed by atoms with van der Waals surface area (Å²) in [6.07, 6.45) is 3.32. The van der Waals surface area contributed by atoms with E-state index in [-0.39, 0.29) is 11.8 Å². The minimum atomic E-state index is -0.760. The summed E-state index contributed by atoms with van der Waals surface area (Å²) in [5.74, 6) is -0.758. The van der Waals surface area contributed by atoms with E-state index in [0.29, 0.717) is 29.3 Å². The van der Waals surface area contributed by atoms with Crippen molar-refractivity contribution in [2.24, 2.45) is 5.92 Å². The van der Waals surface area contributed by atoms with E-state index in [4.69, 9.17) is 0 Å². The van der Waals surface area contributed by atoms with Crippen LogP contribution in [0.4, 0.5) is 17.2 Å². The van der Waals surface area contributed by atoms with Crippen LogP contribution in [0.5, 0.6) is 0 Å². The van der Waals surface area contributed by atoms with Crippen LogP contribution in [0.15, 0.2) is 42.6 Å². The zero-order valence-electron chi connectivity index (χ0n) is 17.2. The van der Waals surface area contributed by atoms with Gasteiger partial charge < -0.3 is 20.9 Å². The quantitative estimate of drug-likeness (QED) is 0.634. The molecule has 1 aliphatic heterocycles. The Kier molecular flexibility index (Phi) is 7.17. The molecule has 1 aliphatic rings. The molecule has 160 valence electrons. The molecule has 0 saturated carbocycles. The van der Waals surface area contributed by atoms with Gasteiger partial charge in [-0.15, -0.1) is 0 Å². The van der Waals surface area contributed by atoms with E-state index >= 15 is 0 Å². The smallest absolute Gasteiger partial charge is 0.313 e. The number of piperidine rings is 1. The number of carbonyl (C=O) groups is 3. The Hall–Kier alpha value is -3.93. The number of nitrogens with one attached hydrogen (secondary N) is 3. The topological polar surface area (TPSA) is 127 Å². The summed E-state index contributed by atoms with van der Waals surface area (Å²) in [7, 11) is 0. The molecule has 0 aliphatic carbocycles. The number of hydrogen-bond acceptors (Lipinski definition) is 6. The summed E-state index contributed by atoms with van der Waals surface area (Å²) >= 11 is 0. The third kappa shape index (κ3) is 6.02. The molecular weight excluding hydrogens is 396 g/mol. The molecule has 1 saturated heterocycles. The molecule has 9 nitrogen and oxygen atoms in total. The summed E-state index contributed by atoms with van der Waals surface area (Å²) in [6.45, 7) is 3.25. The van der Waals surface area contributed by atoms with E-state index in [1.165, 1.54) is 6.92 Å². The van der Waals surface area contributed by atoms with Crippen LogP contribution in [0.2, 0.25) is 0 Å². The van der Waals surface area contributed by atoms with Crippen LogP contribution in [0.1, 0.15) is 25.3 Å². The SMILES string of the molecule is CC(=O)Nc1cccc(NC(=O)C(=O)NCC2CCN(c3ncccc3C#N)CC2)c1. The van der Waals surface area contributed by atoms with Crippen molar-refractivity contribution in [2.45, 2.75) is 19.8 Å². The van der Waals surface area contributed by atoms with Gasteiger partial charge >= 0.3 is 11.8 Å². The molecule has 31 heavy (non-hydrogen) atoms. The first-order valence-corrected chi connectivity index (χ1v) is 10.0. The van der Waals surface area contributed by atoms with Gasteiger partial charge in [-0.05, 0) is 49.1 Å². The van der Waals surface area contributed by atoms with E-state index in [9.17, 15) is 19.6 Å². The van der Waals surface area contributed by atoms with Crippen molar-refractivity contribution >= 4 is 34.9 Å². The standard InChI is InChI=1S/C22H24N6O3/c1-15(29)26-18-5-2-6-19(12-18)27-22(31)21(30)25-14-16-7-10-28(11-8-16)20-17(13-23)4-3-9-24-20/h2-6,9,12,16H,7-8,10-11,14H2,1H3,(H,25,30)(H,26,29)(H,27,31). The van der Waals surface area contributed by atoms with Crippen molar-refractivity contribution in [3.05, 3.63) is 48.2 Å². The van der Waals surface area contributed by atoms with Gasteiger partial charge in [0.05, 0.1) is 5.56 Å². The highest BCUT2D eigenvalue weighted by atomic mass is 16.2. The van der Waals surface area contributed by atoms with Gasteiger partial charge in [0.15, 0.2) is 0 Å². The van der Waals surface area contributed by atoms with Crippen LogP contribution in [-0.4, -0.2) is 42.3 Å². The highest BCUT2D eigenvalue weighted by molar-refractivity contribution is 6.39. The van der Waals surface area contributed by atoms with Gasteiger partial charge in [-0.3, -0.25) is 14.4 Å². The number of nitriles is 1. The minimum Gasteiger partial charge on any atom is -0.356 e. The molecule has 1 aromatic heterocycles. The maximum atomic E-state index is 12.2. The molecule has 3 rings (SSSR count). The summed E-state index contributed by atoms with van der Waals surface area (Å²) < 4.78 is 0. The van der Waals surface area contributed by atoms with Crippen LogP contribution in [0, 0.1) is 17.2 Å². The van der Waals surface area contributed by atoms with Crippen molar-refractivity contribution in [3.63, 3.8) is 0 Å². The maximum absolute atomic E-state index is 12.2. The highest BCUT2D eigenvalue weighted by Crippen LogP contribution is 2.23. The fourth-order valence-corrected chi connectivity index (χ4v) is 3.47. The Morgan fingerprint density at radius 1 is 1.10 bits per heavy atom. The number of rotatable bonds is 5. The predicted molar refractivity (Wildman–Crippen MR) is 116 cm³/mol. The predicted octanol–water partition coefficient (Wildman–Crippen LogP) is 1.88. The van der Waals surface area contributed by atoms with E-state index in [1.54, 1.807) is 42.6 Å². The summed E-state index contributed by atoms with van der Waals surface area (Å²) in [5, 5.41) is 17.1. The van der Waals surface area contributed by atoms with Crippen molar-refractivity contribution in [2.75, 3.05) is 35.2 Å². The number of pyridine rings is 1. The Labute approximate surface area is 180 Å². The molecule has 0 atom stereocenters. The second-order valence-electron chi connectivity index (χ2n) is 7.34. The number of carbonyl (C=O) groups excluding carboxylic acids is 3. The fourth-order valence-electron chi connectivity index (χ4n) is 3.47. The minimum absolute atomic E-state index is 0.223. The molecule has 0 radical (unpaired) electrons. The first-order chi connectivity index (χ1) is 15.0. The molecule has 3 N–H and O–H groups in total. The number of anilines is 3. The van der Waals surface area contributed by atoms with E-state index in [0.717, 1.165) is 25.9 Å². The molecule has 0 bridgehead atoms.